The molecule has 0 radical (unpaired) electrons. The molecule has 1 unspecified atom stereocenters. The third-order valence-electron chi connectivity index (χ3n) is 6.01. The molecule has 0 aromatic heterocycles. The normalized spacial score (nSPS) is 15.6. The fraction of sp³-hybridized carbons (Fsp3) is 0.321. The number of fused-ring (bicyclic) bond motifs is 1. The summed E-state index contributed by atoms with van der Waals surface area (Å²) in [6.45, 7) is 4.77. The molecule has 3 aromatic carbocycles. The zero-order valence-corrected chi connectivity index (χ0v) is 23.1. The lowest BCUT2D eigenvalue weighted by atomic mass is 10.0. The van der Waals surface area contributed by atoms with Crippen molar-refractivity contribution in [2.75, 3.05) is 17.4 Å². The highest BCUT2D eigenvalue weighted by atomic mass is 32.2. The quantitative estimate of drug-likeness (QED) is 0.327. The van der Waals surface area contributed by atoms with Gasteiger partial charge in [-0.25, -0.2) is 22.0 Å². The summed E-state index contributed by atoms with van der Waals surface area (Å²) in [5.41, 5.74) is -1.98. The Balaban J connectivity index is 1.71. The van der Waals surface area contributed by atoms with Gasteiger partial charge < -0.3 is 14.8 Å². The highest BCUT2D eigenvalue weighted by Gasteiger charge is 2.37. The van der Waals surface area contributed by atoms with Gasteiger partial charge in [0.15, 0.2) is 0 Å². The van der Waals surface area contributed by atoms with Crippen molar-refractivity contribution < 1.29 is 44.6 Å². The maximum absolute atomic E-state index is 14.5. The maximum Gasteiger partial charge on any atom is 0.416 e. The molecule has 0 bridgehead atoms. The summed E-state index contributed by atoms with van der Waals surface area (Å²) in [6, 6.07) is 10.1. The Labute approximate surface area is 233 Å². The van der Waals surface area contributed by atoms with Crippen LogP contribution in [-0.2, 0) is 20.9 Å². The number of rotatable bonds is 6. The van der Waals surface area contributed by atoms with E-state index in [9.17, 15) is 35.2 Å². The largest absolute Gasteiger partial charge is 0.486 e. The predicted octanol–water partition coefficient (Wildman–Crippen LogP) is 6.52. The molecule has 41 heavy (non-hydrogen) atoms. The molecule has 4 rings (SSSR count). The van der Waals surface area contributed by atoms with Gasteiger partial charge in [-0.2, -0.15) is 13.2 Å². The molecule has 1 aliphatic heterocycles. The van der Waals surface area contributed by atoms with Gasteiger partial charge in [0.2, 0.25) is 0 Å². The second-order valence-electron chi connectivity index (χ2n) is 10.3. The molecule has 13 heteroatoms. The van der Waals surface area contributed by atoms with Crippen LogP contribution in [0.5, 0.6) is 5.75 Å². The summed E-state index contributed by atoms with van der Waals surface area (Å²) < 4.78 is 108. The van der Waals surface area contributed by atoms with E-state index >= 15 is 0 Å². The number of nitrogens with zero attached hydrogens (tertiary/aromatic N) is 1. The fourth-order valence-corrected chi connectivity index (χ4v) is 5.73. The summed E-state index contributed by atoms with van der Waals surface area (Å²) in [7, 11) is -4.60. The van der Waals surface area contributed by atoms with Crippen molar-refractivity contribution in [1.29, 1.82) is 0 Å². The molecular weight excluding hydrogens is 571 g/mol. The van der Waals surface area contributed by atoms with E-state index in [1.807, 2.05) is 0 Å². The maximum atomic E-state index is 14.5. The van der Waals surface area contributed by atoms with Crippen LogP contribution in [0.3, 0.4) is 0 Å². The molecule has 7 nitrogen and oxygen atoms in total. The van der Waals surface area contributed by atoms with Crippen molar-refractivity contribution in [1.82, 2.24) is 5.32 Å². The number of alkyl carbamates (subject to hydrolysis) is 1. The molecule has 0 fully saturated rings. The van der Waals surface area contributed by atoms with Gasteiger partial charge >= 0.3 is 12.3 Å². The molecule has 1 N–H and O–H groups in total. The van der Waals surface area contributed by atoms with E-state index in [0.717, 1.165) is 40.7 Å². The van der Waals surface area contributed by atoms with E-state index in [-0.39, 0.29) is 42.1 Å². The van der Waals surface area contributed by atoms with Crippen LogP contribution in [0.2, 0.25) is 0 Å². The Morgan fingerprint density at radius 2 is 1.78 bits per heavy atom. The molecule has 1 amide bonds. The summed E-state index contributed by atoms with van der Waals surface area (Å²) in [6.07, 6.45) is -6.18. The molecule has 0 saturated heterocycles. The third-order valence-corrected chi connectivity index (χ3v) is 7.79. The van der Waals surface area contributed by atoms with Crippen LogP contribution in [0.1, 0.15) is 32.8 Å². The number of ether oxygens (including phenoxy) is 2. The van der Waals surface area contributed by atoms with Gasteiger partial charge in [-0.05, 0) is 74.9 Å². The molecule has 1 aliphatic rings. The van der Waals surface area contributed by atoms with Gasteiger partial charge in [-0.15, -0.1) is 0 Å². The first kappa shape index (κ1) is 30.1. The molecule has 1 atom stereocenters. The van der Waals surface area contributed by atoms with Crippen molar-refractivity contribution in [3.63, 3.8) is 0 Å². The Kier molecular flexibility index (Phi) is 8.21. The van der Waals surface area contributed by atoms with Crippen LogP contribution in [0.25, 0.3) is 11.1 Å². The Morgan fingerprint density at radius 3 is 2.46 bits per heavy atom. The fourth-order valence-electron chi connectivity index (χ4n) is 4.19. The summed E-state index contributed by atoms with van der Waals surface area (Å²) in [5, 5.41) is 2.55. The Morgan fingerprint density at radius 1 is 1.05 bits per heavy atom. The molecule has 0 aliphatic carbocycles. The van der Waals surface area contributed by atoms with Crippen LogP contribution < -0.4 is 14.4 Å². The zero-order chi connectivity index (χ0) is 30.2. The number of sulfonamides is 1. The lowest BCUT2D eigenvalue weighted by Crippen LogP contribution is -2.45. The van der Waals surface area contributed by atoms with E-state index in [1.54, 1.807) is 20.8 Å². The minimum atomic E-state index is -4.79. The van der Waals surface area contributed by atoms with E-state index < -0.39 is 56.1 Å². The average Bonchev–Trinajstić information content (AvgIpc) is 2.88. The average molecular weight is 599 g/mol. The molecular formula is C28H27F5N2O5S. The van der Waals surface area contributed by atoms with Crippen LogP contribution in [0.15, 0.2) is 65.6 Å². The second kappa shape index (κ2) is 11.2. The minimum Gasteiger partial charge on any atom is -0.486 e. The molecule has 220 valence electrons. The lowest BCUT2D eigenvalue weighted by molar-refractivity contribution is -0.137. The minimum absolute atomic E-state index is 0.0406. The molecule has 1 heterocycles. The topological polar surface area (TPSA) is 84.9 Å². The van der Waals surface area contributed by atoms with Crippen molar-refractivity contribution in [3.05, 3.63) is 77.9 Å². The lowest BCUT2D eigenvalue weighted by Gasteiger charge is -2.36. The number of benzene rings is 3. The van der Waals surface area contributed by atoms with E-state index in [4.69, 9.17) is 9.47 Å². The second-order valence-corrected chi connectivity index (χ2v) is 12.2. The first-order chi connectivity index (χ1) is 19.0. The van der Waals surface area contributed by atoms with Crippen LogP contribution in [0.4, 0.5) is 32.4 Å². The van der Waals surface area contributed by atoms with Crippen LogP contribution >= 0.6 is 0 Å². The number of hydrogen-bond acceptors (Lipinski definition) is 5. The van der Waals surface area contributed by atoms with Crippen molar-refractivity contribution in [2.45, 2.75) is 50.0 Å². The van der Waals surface area contributed by atoms with Crippen molar-refractivity contribution >= 4 is 21.8 Å². The molecule has 0 spiro atoms. The SMILES string of the molecule is CC(C)(C)OC(=O)NCCC1CN(S(=O)(=O)c2cccc(C(F)(F)F)c2)c2cc(-c3cc(F)ccc3F)ccc2O1. The van der Waals surface area contributed by atoms with Crippen LogP contribution in [0, 0.1) is 11.6 Å². The van der Waals surface area contributed by atoms with Gasteiger partial charge in [-0.3, -0.25) is 4.31 Å². The van der Waals surface area contributed by atoms with Gasteiger partial charge in [0.1, 0.15) is 29.1 Å². The predicted molar refractivity (Wildman–Crippen MR) is 141 cm³/mol. The van der Waals surface area contributed by atoms with Gasteiger partial charge in [0.05, 0.1) is 22.7 Å². The highest BCUT2D eigenvalue weighted by Crippen LogP contribution is 2.41. The summed E-state index contributed by atoms with van der Waals surface area (Å²) >= 11 is 0. The Hall–Kier alpha value is -3.87. The number of halogens is 5. The van der Waals surface area contributed by atoms with E-state index in [2.05, 4.69) is 5.32 Å². The van der Waals surface area contributed by atoms with Crippen LogP contribution in [-0.4, -0.2) is 39.3 Å². The number of nitrogens with one attached hydrogen (secondary N) is 1. The highest BCUT2D eigenvalue weighted by molar-refractivity contribution is 7.92. The summed E-state index contributed by atoms with van der Waals surface area (Å²) in [5.74, 6) is -1.43. The standard InChI is InChI=1S/C28H27F5N2O5S/c1-27(2,3)40-26(36)34-12-11-20-16-35(41(37,38)21-6-4-5-18(14-21)28(31,32)33)24-13-17(7-10-25(24)39-20)22-15-19(29)8-9-23(22)30/h4-10,13-15,20H,11-12,16H2,1-3H3,(H,34,36). The van der Waals surface area contributed by atoms with Crippen molar-refractivity contribution in [2.24, 2.45) is 0 Å². The molecule has 0 saturated carbocycles. The number of alkyl halides is 3. The van der Waals surface area contributed by atoms with Gasteiger partial charge in [-0.1, -0.05) is 12.1 Å². The van der Waals surface area contributed by atoms with Crippen molar-refractivity contribution in [3.8, 4) is 16.9 Å². The number of carbonyl (C=O) groups excluding carboxylic acids is 1. The molecule has 3 aromatic rings. The number of carbonyl (C=O) groups is 1. The monoisotopic (exact) mass is 598 g/mol. The third kappa shape index (κ3) is 7.07. The number of anilines is 1. The van der Waals surface area contributed by atoms with Gasteiger partial charge in [0.25, 0.3) is 10.0 Å². The first-order valence-electron chi connectivity index (χ1n) is 12.5. The number of amides is 1. The number of hydrogen-bond donors (Lipinski definition) is 1. The van der Waals surface area contributed by atoms with E-state index in [0.29, 0.717) is 6.07 Å². The van der Waals surface area contributed by atoms with Gasteiger partial charge in [0, 0.05) is 18.5 Å². The summed E-state index contributed by atoms with van der Waals surface area (Å²) in [4.78, 5) is 11.4. The smallest absolute Gasteiger partial charge is 0.416 e. The van der Waals surface area contributed by atoms with E-state index in [1.165, 1.54) is 18.2 Å². The zero-order valence-electron chi connectivity index (χ0n) is 22.3. The Bertz CT molecular complexity index is 1550. The first-order valence-corrected chi connectivity index (χ1v) is 13.9.